The predicted octanol–water partition coefficient (Wildman–Crippen LogP) is 3.80. The number of pyridine rings is 2. The molecule has 0 spiro atoms. The summed E-state index contributed by atoms with van der Waals surface area (Å²) in [6.45, 7) is 0.00532. The number of rotatable bonds is 8. The highest BCUT2D eigenvalue weighted by Gasteiger charge is 2.11. The SMILES string of the molecule is CNC(=O)c1cc(Oc2ccc3nc(N[C@H](CO)Cc4ccccc4)ccc3c2)ccn1. The Morgan fingerprint density at radius 3 is 2.62 bits per heavy atom. The van der Waals surface area contributed by atoms with Crippen LogP contribution in [-0.2, 0) is 6.42 Å². The van der Waals surface area contributed by atoms with Crippen LogP contribution in [0.2, 0.25) is 0 Å². The second-order valence-corrected chi connectivity index (χ2v) is 7.32. The highest BCUT2D eigenvalue weighted by atomic mass is 16.5. The second kappa shape index (κ2) is 9.89. The lowest BCUT2D eigenvalue weighted by atomic mass is 10.1. The van der Waals surface area contributed by atoms with Crippen LogP contribution in [-0.4, -0.2) is 40.7 Å². The fourth-order valence-corrected chi connectivity index (χ4v) is 3.38. The summed E-state index contributed by atoms with van der Waals surface area (Å²) in [6, 6.07) is 22.6. The van der Waals surface area contributed by atoms with Crippen LogP contribution in [0.25, 0.3) is 10.9 Å². The average molecular weight is 428 g/mol. The highest BCUT2D eigenvalue weighted by Crippen LogP contribution is 2.26. The van der Waals surface area contributed by atoms with E-state index >= 15 is 0 Å². The number of aliphatic hydroxyl groups excluding tert-OH is 1. The first-order valence-electron chi connectivity index (χ1n) is 10.3. The first-order chi connectivity index (χ1) is 15.6. The molecule has 0 saturated heterocycles. The summed E-state index contributed by atoms with van der Waals surface area (Å²) in [6.07, 6.45) is 2.24. The number of ether oxygens (including phenoxy) is 1. The molecule has 2 aromatic heterocycles. The van der Waals surface area contributed by atoms with Gasteiger partial charge in [0.2, 0.25) is 0 Å². The number of hydrogen-bond acceptors (Lipinski definition) is 6. The van der Waals surface area contributed by atoms with Crippen molar-refractivity contribution in [2.45, 2.75) is 12.5 Å². The lowest BCUT2D eigenvalue weighted by molar-refractivity contribution is 0.0958. The largest absolute Gasteiger partial charge is 0.457 e. The molecule has 0 aliphatic heterocycles. The summed E-state index contributed by atoms with van der Waals surface area (Å²) in [7, 11) is 1.56. The van der Waals surface area contributed by atoms with Crippen molar-refractivity contribution in [3.8, 4) is 11.5 Å². The van der Waals surface area contributed by atoms with Gasteiger partial charge in [-0.25, -0.2) is 4.98 Å². The van der Waals surface area contributed by atoms with Gasteiger partial charge in [-0.15, -0.1) is 0 Å². The fraction of sp³-hybridized carbons (Fsp3) is 0.160. The van der Waals surface area contributed by atoms with Gasteiger partial charge in [-0.05, 0) is 48.4 Å². The maximum Gasteiger partial charge on any atom is 0.269 e. The van der Waals surface area contributed by atoms with E-state index in [1.165, 1.54) is 6.20 Å². The van der Waals surface area contributed by atoms with Gasteiger partial charge in [0.1, 0.15) is 23.0 Å². The zero-order chi connectivity index (χ0) is 22.3. The van der Waals surface area contributed by atoms with Crippen molar-refractivity contribution < 1.29 is 14.6 Å². The summed E-state index contributed by atoms with van der Waals surface area (Å²) in [5.74, 6) is 1.58. The van der Waals surface area contributed by atoms with Crippen LogP contribution in [0.5, 0.6) is 11.5 Å². The van der Waals surface area contributed by atoms with Crippen LogP contribution in [0.15, 0.2) is 79.0 Å². The van der Waals surface area contributed by atoms with E-state index in [0.717, 1.165) is 16.5 Å². The molecule has 0 aliphatic rings. The lowest BCUT2D eigenvalue weighted by Gasteiger charge is -2.17. The van der Waals surface area contributed by atoms with E-state index in [4.69, 9.17) is 4.74 Å². The monoisotopic (exact) mass is 428 g/mol. The van der Waals surface area contributed by atoms with Gasteiger partial charge in [-0.3, -0.25) is 9.78 Å². The van der Waals surface area contributed by atoms with Crippen LogP contribution in [0.3, 0.4) is 0 Å². The van der Waals surface area contributed by atoms with E-state index < -0.39 is 0 Å². The maximum absolute atomic E-state index is 11.8. The molecule has 4 rings (SSSR count). The van der Waals surface area contributed by atoms with E-state index in [9.17, 15) is 9.90 Å². The van der Waals surface area contributed by atoms with Gasteiger partial charge < -0.3 is 20.5 Å². The van der Waals surface area contributed by atoms with E-state index in [1.807, 2.05) is 60.7 Å². The third-order valence-electron chi connectivity index (χ3n) is 4.98. The number of nitrogens with one attached hydrogen (secondary N) is 2. The summed E-state index contributed by atoms with van der Waals surface area (Å²) in [5, 5.41) is 16.5. The number of nitrogens with zero attached hydrogens (tertiary/aromatic N) is 2. The zero-order valence-electron chi connectivity index (χ0n) is 17.7. The van der Waals surface area contributed by atoms with E-state index in [2.05, 4.69) is 20.6 Å². The minimum atomic E-state index is -0.272. The number of fused-ring (bicyclic) bond motifs is 1. The Kier molecular flexibility index (Phi) is 6.57. The van der Waals surface area contributed by atoms with Crippen LogP contribution in [0.4, 0.5) is 5.82 Å². The molecule has 0 aliphatic carbocycles. The Hall–Kier alpha value is -3.97. The Labute approximate surface area is 186 Å². The molecule has 4 aromatic rings. The van der Waals surface area contributed by atoms with Crippen LogP contribution >= 0.6 is 0 Å². The Morgan fingerprint density at radius 1 is 1.03 bits per heavy atom. The summed E-state index contributed by atoms with van der Waals surface area (Å²) in [5.41, 5.74) is 2.24. The molecule has 3 N–H and O–H groups in total. The van der Waals surface area contributed by atoms with Gasteiger partial charge >= 0.3 is 0 Å². The molecule has 1 amide bonds. The zero-order valence-corrected chi connectivity index (χ0v) is 17.7. The summed E-state index contributed by atoms with van der Waals surface area (Å²) < 4.78 is 5.90. The topological polar surface area (TPSA) is 96.4 Å². The van der Waals surface area contributed by atoms with Crippen molar-refractivity contribution >= 4 is 22.6 Å². The number of hydrogen-bond donors (Lipinski definition) is 3. The minimum absolute atomic E-state index is 0.00532. The predicted molar refractivity (Wildman–Crippen MR) is 124 cm³/mol. The normalized spacial score (nSPS) is 11.7. The Balaban J connectivity index is 1.48. The van der Waals surface area contributed by atoms with Gasteiger partial charge in [0.05, 0.1) is 18.2 Å². The number of carbonyl (C=O) groups is 1. The molecule has 0 fully saturated rings. The third kappa shape index (κ3) is 5.19. The molecule has 1 atom stereocenters. The van der Waals surface area contributed by atoms with Crippen LogP contribution in [0, 0.1) is 0 Å². The maximum atomic E-state index is 11.8. The molecule has 2 heterocycles. The first-order valence-corrected chi connectivity index (χ1v) is 10.3. The summed E-state index contributed by atoms with van der Waals surface area (Å²) >= 11 is 0. The number of benzene rings is 2. The number of aromatic nitrogens is 2. The molecule has 0 radical (unpaired) electrons. The third-order valence-corrected chi connectivity index (χ3v) is 4.98. The molecular formula is C25H24N4O3. The number of aliphatic hydroxyl groups is 1. The fourth-order valence-electron chi connectivity index (χ4n) is 3.38. The van der Waals surface area contributed by atoms with E-state index in [0.29, 0.717) is 23.7 Å². The molecule has 0 unspecified atom stereocenters. The standard InChI is InChI=1S/C25H24N4O3/c1-26-25(31)23-15-21(11-12-27-23)32-20-8-9-22-18(14-20)7-10-24(29-22)28-19(16-30)13-17-5-3-2-4-6-17/h2-12,14-15,19,30H,13,16H2,1H3,(H,26,31)(H,28,29)/t19-/m0/s1. The highest BCUT2D eigenvalue weighted by molar-refractivity contribution is 5.92. The molecule has 0 saturated carbocycles. The molecule has 7 heteroatoms. The van der Waals surface area contributed by atoms with Gasteiger partial charge in [0.15, 0.2) is 0 Å². The van der Waals surface area contributed by atoms with Crippen molar-refractivity contribution in [3.05, 3.63) is 90.3 Å². The molecule has 162 valence electrons. The molecule has 7 nitrogen and oxygen atoms in total. The minimum Gasteiger partial charge on any atom is -0.457 e. The molecule has 0 bridgehead atoms. The van der Waals surface area contributed by atoms with Crippen molar-refractivity contribution in [1.82, 2.24) is 15.3 Å². The average Bonchev–Trinajstić information content (AvgIpc) is 2.84. The lowest BCUT2D eigenvalue weighted by Crippen LogP contribution is -2.26. The van der Waals surface area contributed by atoms with Crippen molar-refractivity contribution in [3.63, 3.8) is 0 Å². The van der Waals surface area contributed by atoms with Crippen LogP contribution < -0.4 is 15.4 Å². The van der Waals surface area contributed by atoms with Gasteiger partial charge in [-0.1, -0.05) is 30.3 Å². The van der Waals surface area contributed by atoms with E-state index in [-0.39, 0.29) is 24.2 Å². The van der Waals surface area contributed by atoms with Crippen molar-refractivity contribution in [2.24, 2.45) is 0 Å². The van der Waals surface area contributed by atoms with Gasteiger partial charge in [0, 0.05) is 24.7 Å². The van der Waals surface area contributed by atoms with Crippen molar-refractivity contribution in [1.29, 1.82) is 0 Å². The van der Waals surface area contributed by atoms with Crippen LogP contribution in [0.1, 0.15) is 16.1 Å². The number of anilines is 1. The Morgan fingerprint density at radius 2 is 1.84 bits per heavy atom. The van der Waals surface area contributed by atoms with Gasteiger partial charge in [-0.2, -0.15) is 0 Å². The molecule has 2 aromatic carbocycles. The summed E-state index contributed by atoms with van der Waals surface area (Å²) in [4.78, 5) is 20.5. The smallest absolute Gasteiger partial charge is 0.269 e. The van der Waals surface area contributed by atoms with Gasteiger partial charge in [0.25, 0.3) is 5.91 Å². The number of carbonyl (C=O) groups excluding carboxylic acids is 1. The molecule has 32 heavy (non-hydrogen) atoms. The molecular weight excluding hydrogens is 404 g/mol. The Bertz CT molecular complexity index is 1210. The van der Waals surface area contributed by atoms with E-state index in [1.54, 1.807) is 19.2 Å². The number of amides is 1. The quantitative estimate of drug-likeness (QED) is 0.395. The second-order valence-electron chi connectivity index (χ2n) is 7.32. The van der Waals surface area contributed by atoms with Crippen molar-refractivity contribution in [2.75, 3.05) is 19.0 Å². The first kappa shape index (κ1) is 21.3.